The Hall–Kier alpha value is -0.300. The van der Waals surface area contributed by atoms with Crippen LogP contribution in [0.15, 0.2) is 12.2 Å². The molecule has 0 saturated heterocycles. The van der Waals surface area contributed by atoms with Crippen LogP contribution in [0.3, 0.4) is 0 Å². The third-order valence-electron chi connectivity index (χ3n) is 1.15. The lowest BCUT2D eigenvalue weighted by Gasteiger charge is -2.14. The second kappa shape index (κ2) is 4.57. The van der Waals surface area contributed by atoms with Gasteiger partial charge in [0.2, 0.25) is 0 Å². The summed E-state index contributed by atoms with van der Waals surface area (Å²) in [7, 11) is 2.12. The zero-order valence-corrected chi connectivity index (χ0v) is 6.78. The molecule has 0 rings (SSSR count). The van der Waals surface area contributed by atoms with Gasteiger partial charge in [-0.25, -0.2) is 0 Å². The third-order valence-corrected chi connectivity index (χ3v) is 1.15. The van der Waals surface area contributed by atoms with E-state index in [2.05, 4.69) is 32.4 Å². The maximum atomic E-state index is 3.84. The van der Waals surface area contributed by atoms with Gasteiger partial charge in [0.05, 0.1) is 0 Å². The van der Waals surface area contributed by atoms with Gasteiger partial charge in [-0.15, -0.1) is 0 Å². The molecule has 0 aliphatic heterocycles. The monoisotopic (exact) mass is 127 g/mol. The van der Waals surface area contributed by atoms with E-state index in [1.807, 2.05) is 0 Å². The standard InChI is InChI=1S/C8H17N/c1-5-6-9(4)7-8(2)3/h2,5-7H2,1,3-4H3. The van der Waals surface area contributed by atoms with E-state index in [4.69, 9.17) is 0 Å². The molecule has 0 heterocycles. The summed E-state index contributed by atoms with van der Waals surface area (Å²) >= 11 is 0. The number of rotatable bonds is 4. The van der Waals surface area contributed by atoms with Gasteiger partial charge in [-0.3, -0.25) is 0 Å². The summed E-state index contributed by atoms with van der Waals surface area (Å²) in [5.74, 6) is 0. The fourth-order valence-electron chi connectivity index (χ4n) is 0.922. The minimum absolute atomic E-state index is 1.04. The second-order valence-corrected chi connectivity index (χ2v) is 2.69. The minimum atomic E-state index is 1.04. The van der Waals surface area contributed by atoms with Gasteiger partial charge >= 0.3 is 0 Å². The van der Waals surface area contributed by atoms with Gasteiger partial charge in [-0.05, 0) is 26.9 Å². The molecule has 1 nitrogen and oxygen atoms in total. The Morgan fingerprint density at radius 3 is 2.44 bits per heavy atom. The van der Waals surface area contributed by atoms with Gasteiger partial charge in [-0.1, -0.05) is 19.1 Å². The highest BCUT2D eigenvalue weighted by Crippen LogP contribution is 1.92. The molecule has 0 fully saturated rings. The van der Waals surface area contributed by atoms with Crippen LogP contribution in [0.4, 0.5) is 0 Å². The van der Waals surface area contributed by atoms with E-state index >= 15 is 0 Å². The summed E-state index contributed by atoms with van der Waals surface area (Å²) in [4.78, 5) is 2.28. The summed E-state index contributed by atoms with van der Waals surface area (Å²) in [6, 6.07) is 0. The molecule has 0 spiro atoms. The third kappa shape index (κ3) is 5.57. The van der Waals surface area contributed by atoms with Gasteiger partial charge in [0, 0.05) is 6.54 Å². The quantitative estimate of drug-likeness (QED) is 0.521. The Labute approximate surface area is 58.4 Å². The highest BCUT2D eigenvalue weighted by Gasteiger charge is 1.93. The molecule has 0 bridgehead atoms. The van der Waals surface area contributed by atoms with E-state index in [9.17, 15) is 0 Å². The first-order valence-electron chi connectivity index (χ1n) is 3.49. The molecule has 0 aromatic rings. The molecular formula is C8H17N. The van der Waals surface area contributed by atoms with Crippen molar-refractivity contribution in [3.05, 3.63) is 12.2 Å². The van der Waals surface area contributed by atoms with Crippen molar-refractivity contribution in [2.45, 2.75) is 20.3 Å². The Morgan fingerprint density at radius 2 is 2.11 bits per heavy atom. The first kappa shape index (κ1) is 8.70. The maximum Gasteiger partial charge on any atom is 0.0184 e. The average molecular weight is 127 g/mol. The minimum Gasteiger partial charge on any atom is -0.302 e. The van der Waals surface area contributed by atoms with Crippen LogP contribution < -0.4 is 0 Å². The van der Waals surface area contributed by atoms with Crippen molar-refractivity contribution >= 4 is 0 Å². The summed E-state index contributed by atoms with van der Waals surface area (Å²) in [5, 5.41) is 0. The number of nitrogens with zero attached hydrogens (tertiary/aromatic N) is 1. The number of likely N-dealkylation sites (N-methyl/N-ethyl adjacent to an activating group) is 1. The topological polar surface area (TPSA) is 3.24 Å². The lowest BCUT2D eigenvalue weighted by atomic mass is 10.3. The first-order chi connectivity index (χ1) is 4.16. The molecule has 54 valence electrons. The fourth-order valence-corrected chi connectivity index (χ4v) is 0.922. The fraction of sp³-hybridized carbons (Fsp3) is 0.750. The summed E-state index contributed by atoms with van der Waals surface area (Å²) in [6.07, 6.45) is 1.23. The molecule has 1 heteroatoms. The van der Waals surface area contributed by atoms with Crippen molar-refractivity contribution in [3.8, 4) is 0 Å². The van der Waals surface area contributed by atoms with Gasteiger partial charge in [0.25, 0.3) is 0 Å². The van der Waals surface area contributed by atoms with Crippen LogP contribution in [0.5, 0.6) is 0 Å². The van der Waals surface area contributed by atoms with Crippen LogP contribution >= 0.6 is 0 Å². The van der Waals surface area contributed by atoms with Crippen LogP contribution in [0.2, 0.25) is 0 Å². The van der Waals surface area contributed by atoms with Crippen molar-refractivity contribution in [2.75, 3.05) is 20.1 Å². The molecule has 0 aliphatic rings. The Morgan fingerprint density at radius 1 is 1.56 bits per heavy atom. The lowest BCUT2D eigenvalue weighted by Crippen LogP contribution is -2.20. The average Bonchev–Trinajstić information content (AvgIpc) is 1.63. The van der Waals surface area contributed by atoms with Crippen LogP contribution in [-0.2, 0) is 0 Å². The van der Waals surface area contributed by atoms with Crippen LogP contribution in [0.25, 0.3) is 0 Å². The molecule has 0 aliphatic carbocycles. The smallest absolute Gasteiger partial charge is 0.0184 e. The molecule has 0 unspecified atom stereocenters. The van der Waals surface area contributed by atoms with Crippen LogP contribution in [0.1, 0.15) is 20.3 Å². The molecule has 0 radical (unpaired) electrons. The predicted molar refractivity (Wildman–Crippen MR) is 42.6 cm³/mol. The number of hydrogen-bond donors (Lipinski definition) is 0. The second-order valence-electron chi connectivity index (χ2n) is 2.69. The summed E-state index contributed by atoms with van der Waals surface area (Å²) < 4.78 is 0. The van der Waals surface area contributed by atoms with E-state index in [0.717, 1.165) is 6.54 Å². The Bertz CT molecular complexity index is 86.6. The zero-order valence-electron chi connectivity index (χ0n) is 6.78. The van der Waals surface area contributed by atoms with Gasteiger partial charge in [0.15, 0.2) is 0 Å². The van der Waals surface area contributed by atoms with Crippen molar-refractivity contribution in [1.29, 1.82) is 0 Å². The van der Waals surface area contributed by atoms with E-state index in [-0.39, 0.29) is 0 Å². The van der Waals surface area contributed by atoms with Crippen LogP contribution in [0, 0.1) is 0 Å². The largest absolute Gasteiger partial charge is 0.302 e. The molecule has 0 atom stereocenters. The molecule has 0 N–H and O–H groups in total. The van der Waals surface area contributed by atoms with Crippen molar-refractivity contribution in [1.82, 2.24) is 4.90 Å². The van der Waals surface area contributed by atoms with Crippen molar-refractivity contribution in [3.63, 3.8) is 0 Å². The molecule has 0 amide bonds. The SMILES string of the molecule is C=C(C)CN(C)CCC. The van der Waals surface area contributed by atoms with Crippen LogP contribution in [-0.4, -0.2) is 25.0 Å². The molecule has 0 aromatic carbocycles. The lowest BCUT2D eigenvalue weighted by molar-refractivity contribution is 0.363. The highest BCUT2D eigenvalue weighted by atomic mass is 15.1. The molecule has 9 heavy (non-hydrogen) atoms. The summed E-state index contributed by atoms with van der Waals surface area (Å²) in [6.45, 7) is 10.3. The van der Waals surface area contributed by atoms with Crippen molar-refractivity contribution in [2.24, 2.45) is 0 Å². The van der Waals surface area contributed by atoms with E-state index < -0.39 is 0 Å². The maximum absolute atomic E-state index is 3.84. The normalized spacial score (nSPS) is 10.2. The van der Waals surface area contributed by atoms with E-state index in [1.165, 1.54) is 18.5 Å². The molecule has 0 aromatic heterocycles. The van der Waals surface area contributed by atoms with Crippen molar-refractivity contribution < 1.29 is 0 Å². The Balaban J connectivity index is 3.26. The van der Waals surface area contributed by atoms with Gasteiger partial charge in [0.1, 0.15) is 0 Å². The van der Waals surface area contributed by atoms with Gasteiger partial charge in [-0.2, -0.15) is 0 Å². The first-order valence-corrected chi connectivity index (χ1v) is 3.49. The van der Waals surface area contributed by atoms with E-state index in [0.29, 0.717) is 0 Å². The predicted octanol–water partition coefficient (Wildman–Crippen LogP) is 1.90. The van der Waals surface area contributed by atoms with E-state index in [1.54, 1.807) is 0 Å². The van der Waals surface area contributed by atoms with Gasteiger partial charge < -0.3 is 4.90 Å². The zero-order chi connectivity index (χ0) is 7.28. The summed E-state index contributed by atoms with van der Waals surface area (Å²) in [5.41, 5.74) is 1.24. The number of hydrogen-bond acceptors (Lipinski definition) is 1. The molecule has 0 saturated carbocycles. The Kier molecular flexibility index (Phi) is 4.41. The highest BCUT2D eigenvalue weighted by molar-refractivity contribution is 4.90. The molecular weight excluding hydrogens is 110 g/mol.